The summed E-state index contributed by atoms with van der Waals surface area (Å²) in [6.45, 7) is 13.8. The van der Waals surface area contributed by atoms with Gasteiger partial charge in [0.05, 0.1) is 12.1 Å². The number of halogens is 1. The Kier molecular flexibility index (Phi) is 9.77. The Morgan fingerprint density at radius 3 is 2.83 bits per heavy atom. The Morgan fingerprint density at radius 1 is 1.35 bits per heavy atom. The van der Waals surface area contributed by atoms with Crippen LogP contribution in [0.3, 0.4) is 0 Å². The van der Waals surface area contributed by atoms with Crippen molar-refractivity contribution in [1.29, 1.82) is 0 Å². The molecule has 0 aliphatic carbocycles. The van der Waals surface area contributed by atoms with Gasteiger partial charge in [0, 0.05) is 26.2 Å². The lowest BCUT2D eigenvalue weighted by molar-refractivity contribution is 0.0283. The van der Waals surface area contributed by atoms with Crippen LogP contribution in [-0.2, 0) is 4.74 Å². The van der Waals surface area contributed by atoms with Gasteiger partial charge >= 0.3 is 0 Å². The lowest BCUT2D eigenvalue weighted by Gasteiger charge is -2.22. The van der Waals surface area contributed by atoms with Crippen molar-refractivity contribution in [1.82, 2.24) is 15.5 Å². The fraction of sp³-hybridized carbons (Fsp3) is 0.941. The van der Waals surface area contributed by atoms with Gasteiger partial charge in [0.2, 0.25) is 0 Å². The fourth-order valence-corrected chi connectivity index (χ4v) is 3.39. The van der Waals surface area contributed by atoms with Gasteiger partial charge in [0.1, 0.15) is 0 Å². The summed E-state index contributed by atoms with van der Waals surface area (Å²) in [5.41, 5.74) is -0.0619. The molecule has 6 heteroatoms. The van der Waals surface area contributed by atoms with Crippen molar-refractivity contribution >= 4 is 29.9 Å². The minimum absolute atomic E-state index is 0. The molecule has 2 aliphatic heterocycles. The minimum Gasteiger partial charge on any atom is -0.373 e. The molecule has 5 nitrogen and oxygen atoms in total. The highest BCUT2D eigenvalue weighted by atomic mass is 127. The lowest BCUT2D eigenvalue weighted by atomic mass is 10.0. The zero-order valence-electron chi connectivity index (χ0n) is 15.1. The zero-order valence-corrected chi connectivity index (χ0v) is 17.4. The van der Waals surface area contributed by atoms with E-state index in [-0.39, 0.29) is 29.6 Å². The second kappa shape index (κ2) is 10.7. The van der Waals surface area contributed by atoms with E-state index in [1.165, 1.54) is 32.5 Å². The molecular formula is C17H35IN4O. The van der Waals surface area contributed by atoms with Crippen LogP contribution in [0.15, 0.2) is 4.99 Å². The maximum atomic E-state index is 5.82. The molecule has 0 aromatic rings. The third kappa shape index (κ3) is 7.13. The number of ether oxygens (including phenoxy) is 1. The third-order valence-corrected chi connectivity index (χ3v) is 4.68. The van der Waals surface area contributed by atoms with Crippen molar-refractivity contribution in [3.63, 3.8) is 0 Å². The van der Waals surface area contributed by atoms with E-state index in [0.29, 0.717) is 0 Å². The molecule has 2 rings (SSSR count). The van der Waals surface area contributed by atoms with Gasteiger partial charge in [-0.1, -0.05) is 6.92 Å². The average molecular weight is 438 g/mol. The summed E-state index contributed by atoms with van der Waals surface area (Å²) >= 11 is 0. The molecule has 0 radical (unpaired) electrons. The number of rotatable bonds is 7. The van der Waals surface area contributed by atoms with Crippen molar-refractivity contribution in [2.24, 2.45) is 10.9 Å². The molecule has 0 saturated carbocycles. The van der Waals surface area contributed by atoms with Gasteiger partial charge < -0.3 is 20.3 Å². The summed E-state index contributed by atoms with van der Waals surface area (Å²) < 4.78 is 5.82. The molecule has 2 heterocycles. The van der Waals surface area contributed by atoms with Crippen LogP contribution in [-0.4, -0.2) is 62.3 Å². The first-order valence-electron chi connectivity index (χ1n) is 9.03. The van der Waals surface area contributed by atoms with Crippen LogP contribution in [0, 0.1) is 5.92 Å². The van der Waals surface area contributed by atoms with Crippen LogP contribution in [0.1, 0.15) is 46.5 Å². The summed E-state index contributed by atoms with van der Waals surface area (Å²) in [6, 6.07) is 0. The first kappa shape index (κ1) is 21.0. The number of aliphatic imine (C=N–C) groups is 1. The quantitative estimate of drug-likeness (QED) is 0.364. The van der Waals surface area contributed by atoms with Gasteiger partial charge in [-0.05, 0) is 58.5 Å². The average Bonchev–Trinajstić information content (AvgIpc) is 3.12. The Labute approximate surface area is 159 Å². The van der Waals surface area contributed by atoms with E-state index in [1.807, 2.05) is 0 Å². The molecule has 2 unspecified atom stereocenters. The molecule has 0 aromatic carbocycles. The van der Waals surface area contributed by atoms with Gasteiger partial charge in [-0.25, -0.2) is 0 Å². The second-order valence-electron chi connectivity index (χ2n) is 6.93. The topological polar surface area (TPSA) is 48.9 Å². The number of nitrogens with zero attached hydrogens (tertiary/aromatic N) is 2. The summed E-state index contributed by atoms with van der Waals surface area (Å²) in [6.07, 6.45) is 4.83. The molecule has 2 atom stereocenters. The van der Waals surface area contributed by atoms with Crippen LogP contribution in [0.4, 0.5) is 0 Å². The predicted octanol–water partition coefficient (Wildman–Crippen LogP) is 2.46. The Balaban J connectivity index is 0.00000264. The summed E-state index contributed by atoms with van der Waals surface area (Å²) in [4.78, 5) is 7.31. The molecule has 2 N–H and O–H groups in total. The highest BCUT2D eigenvalue weighted by Gasteiger charge is 2.29. The fourth-order valence-electron chi connectivity index (χ4n) is 3.39. The smallest absolute Gasteiger partial charge is 0.191 e. The number of nitrogens with one attached hydrogen (secondary N) is 2. The van der Waals surface area contributed by atoms with Crippen LogP contribution in [0.25, 0.3) is 0 Å². The van der Waals surface area contributed by atoms with E-state index in [1.54, 1.807) is 0 Å². The van der Waals surface area contributed by atoms with Crippen molar-refractivity contribution < 1.29 is 4.74 Å². The Morgan fingerprint density at radius 2 is 2.17 bits per heavy atom. The van der Waals surface area contributed by atoms with Gasteiger partial charge in [-0.15, -0.1) is 24.0 Å². The van der Waals surface area contributed by atoms with E-state index < -0.39 is 0 Å². The summed E-state index contributed by atoms with van der Waals surface area (Å²) in [5.74, 6) is 1.68. The van der Waals surface area contributed by atoms with Crippen LogP contribution >= 0.6 is 24.0 Å². The second-order valence-corrected chi connectivity index (χ2v) is 6.93. The number of likely N-dealkylation sites (tertiary alicyclic amines) is 1. The highest BCUT2D eigenvalue weighted by Crippen LogP contribution is 2.25. The van der Waals surface area contributed by atoms with Crippen molar-refractivity contribution in [3.8, 4) is 0 Å². The monoisotopic (exact) mass is 438 g/mol. The van der Waals surface area contributed by atoms with Gasteiger partial charge in [-0.2, -0.15) is 0 Å². The number of hydrogen-bond donors (Lipinski definition) is 2. The number of hydrogen-bond acceptors (Lipinski definition) is 3. The standard InChI is InChI=1S/C17H34N4O.HI/c1-4-9-21-10-7-15(13-21)12-19-16(18-5-2)20-14-17(3)8-6-11-22-17;/h15H,4-14H2,1-3H3,(H2,18,19,20);1H. The SMILES string of the molecule is CCCN1CCC(CNC(=NCC2(C)CCCO2)NCC)C1.I. The third-order valence-electron chi connectivity index (χ3n) is 4.68. The molecule has 0 aromatic heterocycles. The van der Waals surface area contributed by atoms with Crippen molar-refractivity contribution in [2.75, 3.05) is 45.9 Å². The van der Waals surface area contributed by atoms with Crippen LogP contribution in [0.5, 0.6) is 0 Å². The summed E-state index contributed by atoms with van der Waals surface area (Å²) in [7, 11) is 0. The lowest BCUT2D eigenvalue weighted by Crippen LogP contribution is -2.41. The highest BCUT2D eigenvalue weighted by molar-refractivity contribution is 14.0. The van der Waals surface area contributed by atoms with Gasteiger partial charge in [-0.3, -0.25) is 4.99 Å². The van der Waals surface area contributed by atoms with Crippen molar-refractivity contribution in [3.05, 3.63) is 0 Å². The summed E-state index contributed by atoms with van der Waals surface area (Å²) in [5, 5.41) is 6.88. The van der Waals surface area contributed by atoms with Gasteiger partial charge in [0.15, 0.2) is 5.96 Å². The largest absolute Gasteiger partial charge is 0.373 e. The molecule has 23 heavy (non-hydrogen) atoms. The van der Waals surface area contributed by atoms with E-state index >= 15 is 0 Å². The zero-order chi connectivity index (χ0) is 15.8. The van der Waals surface area contributed by atoms with E-state index in [2.05, 4.69) is 36.3 Å². The molecule has 0 amide bonds. The minimum atomic E-state index is -0.0619. The molecule has 2 saturated heterocycles. The van der Waals surface area contributed by atoms with Crippen LogP contribution in [0.2, 0.25) is 0 Å². The molecule has 0 bridgehead atoms. The first-order chi connectivity index (χ1) is 10.6. The van der Waals surface area contributed by atoms with Crippen LogP contribution < -0.4 is 10.6 Å². The van der Waals surface area contributed by atoms with E-state index in [9.17, 15) is 0 Å². The molecule has 2 fully saturated rings. The molecule has 2 aliphatic rings. The van der Waals surface area contributed by atoms with E-state index in [0.717, 1.165) is 51.0 Å². The van der Waals surface area contributed by atoms with Gasteiger partial charge in [0.25, 0.3) is 0 Å². The first-order valence-corrected chi connectivity index (χ1v) is 9.03. The molecule has 136 valence electrons. The predicted molar refractivity (Wildman–Crippen MR) is 108 cm³/mol. The van der Waals surface area contributed by atoms with Crippen molar-refractivity contribution in [2.45, 2.75) is 52.1 Å². The Bertz CT molecular complexity index is 359. The Hall–Kier alpha value is -0.0800. The maximum Gasteiger partial charge on any atom is 0.191 e. The maximum absolute atomic E-state index is 5.82. The number of guanidine groups is 1. The van der Waals surface area contributed by atoms with E-state index in [4.69, 9.17) is 9.73 Å². The molecular weight excluding hydrogens is 403 g/mol. The molecule has 0 spiro atoms. The normalized spacial score (nSPS) is 28.7.